The lowest BCUT2D eigenvalue weighted by atomic mass is 10.2. The Kier molecular flexibility index (Phi) is 3.55. The third kappa shape index (κ3) is 2.25. The summed E-state index contributed by atoms with van der Waals surface area (Å²) in [4.78, 5) is 11.5. The first-order valence-corrected chi connectivity index (χ1v) is 5.85. The minimum atomic E-state index is -1.97. The summed E-state index contributed by atoms with van der Waals surface area (Å²) in [5.74, 6) is -0.634. The summed E-state index contributed by atoms with van der Waals surface area (Å²) in [5, 5.41) is 0. The average molecular weight is 252 g/mol. The van der Waals surface area contributed by atoms with Crippen LogP contribution >= 0.6 is 0 Å². The van der Waals surface area contributed by atoms with Crippen LogP contribution in [0.25, 0.3) is 0 Å². The fraction of sp³-hybridized carbons (Fsp3) is 0.875. The van der Waals surface area contributed by atoms with Crippen molar-refractivity contribution in [1.82, 2.24) is 0 Å². The van der Waals surface area contributed by atoms with Gasteiger partial charge in [0.05, 0.1) is 6.61 Å². The van der Waals surface area contributed by atoms with Crippen LogP contribution in [0.5, 0.6) is 0 Å². The SMILES string of the molecule is CCOC(=O)[C@H]1OS(=O)O[C@@H]1C1OC(C)O1. The molecule has 0 radical (unpaired) electrons. The van der Waals surface area contributed by atoms with E-state index in [1.165, 1.54) is 0 Å². The standard InChI is InChI=1S/C8H12O7S/c1-3-11-7(9)5-6(15-16(10)14-5)8-12-4(2)13-8/h4-6,8H,3H2,1-2H3/t4?,5-,6-,8?,16?/m0/s1. The molecule has 0 saturated carbocycles. The van der Waals surface area contributed by atoms with Crippen molar-refractivity contribution in [3.05, 3.63) is 0 Å². The number of rotatable bonds is 3. The Morgan fingerprint density at radius 3 is 2.62 bits per heavy atom. The molecule has 2 fully saturated rings. The Balaban J connectivity index is 1.99. The molecule has 0 aromatic carbocycles. The normalized spacial score (nSPS) is 42.8. The maximum Gasteiger partial charge on any atom is 0.339 e. The number of carbonyl (C=O) groups is 1. The van der Waals surface area contributed by atoms with Gasteiger partial charge in [0.2, 0.25) is 6.10 Å². The lowest BCUT2D eigenvalue weighted by molar-refractivity contribution is -0.396. The molecule has 2 aliphatic rings. The van der Waals surface area contributed by atoms with Crippen LogP contribution in [0.2, 0.25) is 0 Å². The quantitative estimate of drug-likeness (QED) is 0.634. The van der Waals surface area contributed by atoms with E-state index in [2.05, 4.69) is 0 Å². The summed E-state index contributed by atoms with van der Waals surface area (Å²) in [5.41, 5.74) is 0. The lowest BCUT2D eigenvalue weighted by Crippen LogP contribution is -2.52. The first kappa shape index (κ1) is 11.9. The van der Waals surface area contributed by atoms with Gasteiger partial charge in [0.25, 0.3) is 0 Å². The van der Waals surface area contributed by atoms with Crippen LogP contribution in [0.3, 0.4) is 0 Å². The van der Waals surface area contributed by atoms with Crippen LogP contribution in [0.1, 0.15) is 13.8 Å². The molecule has 0 N–H and O–H groups in total. The molecule has 2 rings (SSSR count). The van der Waals surface area contributed by atoms with Gasteiger partial charge in [0.15, 0.2) is 18.7 Å². The summed E-state index contributed by atoms with van der Waals surface area (Å²) in [6.45, 7) is 3.57. The summed E-state index contributed by atoms with van der Waals surface area (Å²) >= 11 is -1.97. The van der Waals surface area contributed by atoms with Gasteiger partial charge in [0.1, 0.15) is 0 Å². The number of hydrogen-bond acceptors (Lipinski definition) is 7. The number of ether oxygens (including phenoxy) is 3. The van der Waals surface area contributed by atoms with Gasteiger partial charge in [-0.15, -0.1) is 0 Å². The second-order valence-corrected chi connectivity index (χ2v) is 4.04. The molecule has 8 heteroatoms. The Labute approximate surface area is 94.8 Å². The van der Waals surface area contributed by atoms with E-state index in [-0.39, 0.29) is 12.9 Å². The van der Waals surface area contributed by atoms with Crippen LogP contribution in [-0.4, -0.2) is 41.6 Å². The topological polar surface area (TPSA) is 80.3 Å². The van der Waals surface area contributed by atoms with Crippen molar-refractivity contribution in [2.75, 3.05) is 6.61 Å². The van der Waals surface area contributed by atoms with Gasteiger partial charge in [0, 0.05) is 0 Å². The summed E-state index contributed by atoms with van der Waals surface area (Å²) < 4.78 is 35.8. The zero-order valence-corrected chi connectivity index (χ0v) is 9.60. The molecule has 0 bridgehead atoms. The molecule has 92 valence electrons. The van der Waals surface area contributed by atoms with E-state index in [1.54, 1.807) is 13.8 Å². The Morgan fingerprint density at radius 2 is 2.06 bits per heavy atom. The Bertz CT molecular complexity index is 301. The summed E-state index contributed by atoms with van der Waals surface area (Å²) in [6.07, 6.45) is -3.02. The molecule has 2 aliphatic heterocycles. The van der Waals surface area contributed by atoms with E-state index in [4.69, 9.17) is 22.6 Å². The van der Waals surface area contributed by atoms with Gasteiger partial charge in [-0.25, -0.2) is 4.79 Å². The van der Waals surface area contributed by atoms with Gasteiger partial charge in [-0.2, -0.15) is 4.21 Å². The van der Waals surface area contributed by atoms with E-state index in [9.17, 15) is 9.00 Å². The van der Waals surface area contributed by atoms with E-state index < -0.39 is 35.8 Å². The number of esters is 1. The number of hydrogen-bond donors (Lipinski definition) is 0. The third-order valence-electron chi connectivity index (χ3n) is 2.11. The van der Waals surface area contributed by atoms with Crippen molar-refractivity contribution >= 4 is 17.3 Å². The maximum absolute atomic E-state index is 11.5. The van der Waals surface area contributed by atoms with Gasteiger partial charge >= 0.3 is 17.3 Å². The van der Waals surface area contributed by atoms with Crippen molar-refractivity contribution in [2.45, 2.75) is 38.6 Å². The first-order chi connectivity index (χ1) is 7.61. The van der Waals surface area contributed by atoms with Gasteiger partial charge in [-0.05, 0) is 13.8 Å². The van der Waals surface area contributed by atoms with Crippen LogP contribution in [0.15, 0.2) is 0 Å². The molecule has 0 aromatic rings. The Morgan fingerprint density at radius 1 is 1.38 bits per heavy atom. The minimum absolute atomic E-state index is 0.209. The average Bonchev–Trinajstić information content (AvgIpc) is 2.55. The fourth-order valence-electron chi connectivity index (χ4n) is 1.43. The third-order valence-corrected chi connectivity index (χ3v) is 2.85. The largest absolute Gasteiger partial charge is 0.464 e. The monoisotopic (exact) mass is 252 g/mol. The molecule has 0 amide bonds. The molecule has 2 saturated heterocycles. The van der Waals surface area contributed by atoms with Crippen molar-refractivity contribution in [3.8, 4) is 0 Å². The zero-order chi connectivity index (χ0) is 11.7. The molecular weight excluding hydrogens is 240 g/mol. The van der Waals surface area contributed by atoms with Crippen LogP contribution in [0, 0.1) is 0 Å². The van der Waals surface area contributed by atoms with E-state index in [1.807, 2.05) is 0 Å². The predicted molar refractivity (Wildman–Crippen MR) is 49.9 cm³/mol. The van der Waals surface area contributed by atoms with Gasteiger partial charge in [-0.3, -0.25) is 8.37 Å². The second-order valence-electron chi connectivity index (χ2n) is 3.24. The highest BCUT2D eigenvalue weighted by molar-refractivity contribution is 7.75. The van der Waals surface area contributed by atoms with Gasteiger partial charge < -0.3 is 14.2 Å². The van der Waals surface area contributed by atoms with Crippen LogP contribution in [0.4, 0.5) is 0 Å². The molecular formula is C8H12O7S. The molecule has 1 unspecified atom stereocenters. The molecule has 0 aliphatic carbocycles. The number of carbonyl (C=O) groups excluding carboxylic acids is 1. The molecule has 0 spiro atoms. The second kappa shape index (κ2) is 4.76. The lowest BCUT2D eigenvalue weighted by Gasteiger charge is -2.36. The van der Waals surface area contributed by atoms with E-state index >= 15 is 0 Å². The highest BCUT2D eigenvalue weighted by Gasteiger charge is 2.51. The van der Waals surface area contributed by atoms with Crippen molar-refractivity contribution in [1.29, 1.82) is 0 Å². The fourth-order valence-corrected chi connectivity index (χ4v) is 2.21. The van der Waals surface area contributed by atoms with Crippen molar-refractivity contribution < 1.29 is 31.6 Å². The smallest absolute Gasteiger partial charge is 0.339 e. The summed E-state index contributed by atoms with van der Waals surface area (Å²) in [6, 6.07) is 0. The van der Waals surface area contributed by atoms with Crippen molar-refractivity contribution in [2.24, 2.45) is 0 Å². The first-order valence-electron chi connectivity index (χ1n) is 4.85. The molecule has 0 aromatic heterocycles. The predicted octanol–water partition coefficient (Wildman–Crippen LogP) is -0.369. The van der Waals surface area contributed by atoms with Crippen molar-refractivity contribution in [3.63, 3.8) is 0 Å². The molecule has 7 nitrogen and oxygen atoms in total. The highest BCUT2D eigenvalue weighted by Crippen LogP contribution is 2.30. The highest BCUT2D eigenvalue weighted by atomic mass is 32.2. The Hall–Kier alpha value is -0.540. The molecule has 16 heavy (non-hydrogen) atoms. The van der Waals surface area contributed by atoms with Crippen LogP contribution < -0.4 is 0 Å². The van der Waals surface area contributed by atoms with Gasteiger partial charge in [-0.1, -0.05) is 0 Å². The van der Waals surface area contributed by atoms with E-state index in [0.717, 1.165) is 0 Å². The minimum Gasteiger partial charge on any atom is -0.464 e. The van der Waals surface area contributed by atoms with E-state index in [0.29, 0.717) is 0 Å². The summed E-state index contributed by atoms with van der Waals surface area (Å²) in [7, 11) is 0. The maximum atomic E-state index is 11.5. The molecule has 2 heterocycles. The molecule has 3 atom stereocenters. The van der Waals surface area contributed by atoms with Crippen LogP contribution in [-0.2, 0) is 38.7 Å². The zero-order valence-electron chi connectivity index (χ0n) is 8.78.